The van der Waals surface area contributed by atoms with Crippen molar-refractivity contribution in [3.05, 3.63) is 10.8 Å². The van der Waals surface area contributed by atoms with Crippen LogP contribution in [0.2, 0.25) is 0 Å². The Morgan fingerprint density at radius 2 is 2.33 bits per heavy atom. The summed E-state index contributed by atoms with van der Waals surface area (Å²) in [5.74, 6) is 0. The first-order valence-corrected chi connectivity index (χ1v) is 2.80. The zero-order valence-electron chi connectivity index (χ0n) is 4.20. The van der Waals surface area contributed by atoms with Crippen molar-refractivity contribution >= 4 is 29.4 Å². The van der Waals surface area contributed by atoms with Gasteiger partial charge in [-0.1, -0.05) is 23.2 Å². The molecule has 0 aliphatic heterocycles. The van der Waals surface area contributed by atoms with Gasteiger partial charge in [-0.05, 0) is 5.21 Å². The minimum atomic E-state index is 0.0907. The average molecular weight is 165 g/mol. The monoisotopic (exact) mass is 164 g/mol. The molecule has 0 aliphatic carbocycles. The summed E-state index contributed by atoms with van der Waals surface area (Å²) in [6.45, 7) is 0. The van der Waals surface area contributed by atoms with Crippen molar-refractivity contribution in [2.24, 2.45) is 0 Å². The molecular weight excluding hydrogens is 163 g/mol. The van der Waals surface area contributed by atoms with Gasteiger partial charge in [0, 0.05) is 0 Å². The molecule has 0 amide bonds. The Morgan fingerprint density at radius 3 is 2.78 bits per heavy atom. The lowest BCUT2D eigenvalue weighted by Gasteiger charge is -1.82. The minimum Gasteiger partial charge on any atom is -0.136 e. The lowest BCUT2D eigenvalue weighted by molar-refractivity contribution is 0.759. The first kappa shape index (κ1) is 6.51. The Morgan fingerprint density at radius 1 is 1.56 bits per heavy atom. The van der Waals surface area contributed by atoms with Crippen LogP contribution >= 0.6 is 23.2 Å². The minimum absolute atomic E-state index is 0.0907. The second-order valence-corrected chi connectivity index (χ2v) is 2.18. The summed E-state index contributed by atoms with van der Waals surface area (Å²) in [6, 6.07) is 0. The van der Waals surface area contributed by atoms with Crippen LogP contribution in [0.5, 0.6) is 0 Å². The van der Waals surface area contributed by atoms with Gasteiger partial charge in [-0.25, -0.2) is 0 Å². The number of halogens is 2. The number of tetrazole rings is 1. The van der Waals surface area contributed by atoms with Crippen LogP contribution in [-0.4, -0.2) is 20.2 Å². The fraction of sp³-hybridized carbons (Fsp3) is 0. The Hall–Kier alpha value is -0.610. The molecule has 0 N–H and O–H groups in total. The molecule has 0 fully saturated rings. The van der Waals surface area contributed by atoms with E-state index < -0.39 is 0 Å². The van der Waals surface area contributed by atoms with Crippen molar-refractivity contribution < 1.29 is 0 Å². The van der Waals surface area contributed by atoms with Crippen LogP contribution in [0, 0.1) is 0 Å². The summed E-state index contributed by atoms with van der Waals surface area (Å²) in [5.41, 5.74) is 0. The molecule has 0 unspecified atom stereocenters. The molecule has 0 aromatic carbocycles. The molecule has 0 aliphatic rings. The van der Waals surface area contributed by atoms with Gasteiger partial charge in [0.25, 0.3) is 0 Å². The third kappa shape index (κ3) is 1.99. The predicted molar refractivity (Wildman–Crippen MR) is 33.8 cm³/mol. The van der Waals surface area contributed by atoms with Gasteiger partial charge in [-0.3, -0.25) is 0 Å². The van der Waals surface area contributed by atoms with E-state index in [4.69, 9.17) is 23.2 Å². The molecule has 0 bridgehead atoms. The van der Waals surface area contributed by atoms with Crippen LogP contribution in [-0.2, 0) is 0 Å². The average Bonchev–Trinajstić information content (AvgIpc) is 2.15. The summed E-state index contributed by atoms with van der Waals surface area (Å²) in [4.78, 5) is 1.16. The molecule has 9 heavy (non-hydrogen) atoms. The summed E-state index contributed by atoms with van der Waals surface area (Å²) >= 11 is 10.5. The molecule has 4 nitrogen and oxygen atoms in total. The molecule has 6 heteroatoms. The van der Waals surface area contributed by atoms with Gasteiger partial charge in [-0.15, -0.1) is 15.0 Å². The van der Waals surface area contributed by atoms with Crippen molar-refractivity contribution in [1.82, 2.24) is 20.2 Å². The number of hydrogen-bond donors (Lipinski definition) is 0. The third-order valence-corrected chi connectivity index (χ3v) is 0.773. The van der Waals surface area contributed by atoms with Crippen LogP contribution in [0.1, 0.15) is 0 Å². The van der Waals surface area contributed by atoms with E-state index in [0.29, 0.717) is 0 Å². The van der Waals surface area contributed by atoms with Gasteiger partial charge in [0.05, 0.1) is 6.20 Å². The zero-order chi connectivity index (χ0) is 6.69. The lowest BCUT2D eigenvalue weighted by atomic mass is 11.0. The van der Waals surface area contributed by atoms with E-state index in [-0.39, 0.29) is 4.49 Å². The van der Waals surface area contributed by atoms with Crippen LogP contribution < -0.4 is 0 Å². The van der Waals surface area contributed by atoms with Crippen molar-refractivity contribution in [2.75, 3.05) is 0 Å². The number of aromatic nitrogens is 4. The lowest BCUT2D eigenvalue weighted by Crippen LogP contribution is -1.90. The van der Waals surface area contributed by atoms with Crippen molar-refractivity contribution in [3.8, 4) is 0 Å². The van der Waals surface area contributed by atoms with E-state index in [9.17, 15) is 0 Å². The zero-order valence-corrected chi connectivity index (χ0v) is 5.71. The molecule has 0 spiro atoms. The molecule has 48 valence electrons. The highest BCUT2D eigenvalue weighted by Crippen LogP contribution is 2.05. The largest absolute Gasteiger partial charge is 0.162 e. The molecule has 1 aromatic rings. The SMILES string of the molecule is ClC(Cl)=Cn1ncnn1. The van der Waals surface area contributed by atoms with Crippen LogP contribution in [0.4, 0.5) is 0 Å². The predicted octanol–water partition coefficient (Wildman–Crippen LogP) is 0.907. The molecule has 0 saturated carbocycles. The van der Waals surface area contributed by atoms with E-state index in [2.05, 4.69) is 15.4 Å². The van der Waals surface area contributed by atoms with Gasteiger partial charge in [0.2, 0.25) is 0 Å². The van der Waals surface area contributed by atoms with Crippen LogP contribution in [0.3, 0.4) is 0 Å². The highest BCUT2D eigenvalue weighted by Gasteiger charge is 1.86. The van der Waals surface area contributed by atoms with E-state index in [0.717, 1.165) is 4.80 Å². The van der Waals surface area contributed by atoms with Gasteiger partial charge in [0.15, 0.2) is 6.33 Å². The number of rotatable bonds is 1. The normalized spacial score (nSPS) is 9.11. The third-order valence-electron chi connectivity index (χ3n) is 0.578. The Balaban J connectivity index is 2.80. The molecular formula is C3H2Cl2N4. The quantitative estimate of drug-likeness (QED) is 0.620. The first-order chi connectivity index (χ1) is 4.29. The van der Waals surface area contributed by atoms with Gasteiger partial charge in [0.1, 0.15) is 4.49 Å². The fourth-order valence-electron chi connectivity index (χ4n) is 0.322. The maximum atomic E-state index is 5.27. The molecule has 1 rings (SSSR count). The maximum absolute atomic E-state index is 5.27. The smallest absolute Gasteiger partial charge is 0.136 e. The second-order valence-electron chi connectivity index (χ2n) is 1.17. The molecule has 0 radical (unpaired) electrons. The Kier molecular flexibility index (Phi) is 2.02. The first-order valence-electron chi connectivity index (χ1n) is 2.04. The second kappa shape index (κ2) is 2.80. The fourth-order valence-corrected chi connectivity index (χ4v) is 0.496. The highest BCUT2D eigenvalue weighted by molar-refractivity contribution is 6.57. The van der Waals surface area contributed by atoms with Crippen LogP contribution in [0.25, 0.3) is 6.20 Å². The van der Waals surface area contributed by atoms with Crippen molar-refractivity contribution in [1.29, 1.82) is 0 Å². The summed E-state index contributed by atoms with van der Waals surface area (Å²) in [7, 11) is 0. The Labute approximate surface area is 61.1 Å². The Bertz CT molecular complexity index is 200. The van der Waals surface area contributed by atoms with Gasteiger partial charge in [-0.2, -0.15) is 0 Å². The standard InChI is InChI=1S/C3H2Cl2N4/c4-3(5)1-9-7-2-6-8-9/h1-2H. The van der Waals surface area contributed by atoms with E-state index in [1.54, 1.807) is 0 Å². The molecule has 0 atom stereocenters. The maximum Gasteiger partial charge on any atom is 0.162 e. The van der Waals surface area contributed by atoms with Gasteiger partial charge < -0.3 is 0 Å². The molecule has 1 heterocycles. The number of hydrogen-bond acceptors (Lipinski definition) is 3. The van der Waals surface area contributed by atoms with Crippen molar-refractivity contribution in [2.45, 2.75) is 0 Å². The van der Waals surface area contributed by atoms with E-state index >= 15 is 0 Å². The number of nitrogens with zero attached hydrogens (tertiary/aromatic N) is 4. The van der Waals surface area contributed by atoms with Crippen molar-refractivity contribution in [3.63, 3.8) is 0 Å². The summed E-state index contributed by atoms with van der Waals surface area (Å²) in [6.07, 6.45) is 2.61. The topological polar surface area (TPSA) is 43.6 Å². The van der Waals surface area contributed by atoms with E-state index in [1.807, 2.05) is 0 Å². The summed E-state index contributed by atoms with van der Waals surface area (Å²) < 4.78 is 0.0907. The van der Waals surface area contributed by atoms with Gasteiger partial charge >= 0.3 is 0 Å². The van der Waals surface area contributed by atoms with E-state index in [1.165, 1.54) is 12.5 Å². The molecule has 1 aromatic heterocycles. The highest BCUT2D eigenvalue weighted by atomic mass is 35.5. The molecule has 0 saturated heterocycles. The summed E-state index contributed by atoms with van der Waals surface area (Å²) in [5, 5.41) is 10.5. The van der Waals surface area contributed by atoms with Crippen LogP contribution in [0.15, 0.2) is 10.8 Å².